The lowest BCUT2D eigenvalue weighted by atomic mass is 10.4. The zero-order chi connectivity index (χ0) is 15.0. The molecule has 0 aromatic heterocycles. The molecule has 0 saturated carbocycles. The molecule has 2 aromatic carbocycles. The second kappa shape index (κ2) is 8.40. The molecule has 22 heavy (non-hydrogen) atoms. The number of nitrogens with one attached hydrogen (secondary N) is 2. The molecule has 116 valence electrons. The lowest BCUT2D eigenvalue weighted by Gasteiger charge is -2.32. The number of rotatable bonds is 3. The van der Waals surface area contributed by atoms with Gasteiger partial charge in [-0.3, -0.25) is 4.67 Å². The van der Waals surface area contributed by atoms with Crippen molar-refractivity contribution < 1.29 is 0 Å². The Morgan fingerprint density at radius 2 is 1.09 bits per heavy atom. The van der Waals surface area contributed by atoms with Crippen molar-refractivity contribution in [2.75, 3.05) is 39.3 Å². The second-order valence-electron chi connectivity index (χ2n) is 5.44. The first-order valence-corrected chi connectivity index (χ1v) is 9.31. The summed E-state index contributed by atoms with van der Waals surface area (Å²) in [5.41, 5.74) is 0. The molecule has 0 unspecified atom stereocenters. The second-order valence-corrected chi connectivity index (χ2v) is 7.66. The van der Waals surface area contributed by atoms with Crippen molar-refractivity contribution in [3.05, 3.63) is 60.7 Å². The lowest BCUT2D eigenvalue weighted by molar-refractivity contribution is 0.462. The van der Waals surface area contributed by atoms with E-state index in [4.69, 9.17) is 0 Å². The Bertz CT molecular complexity index is 497. The monoisotopic (exact) mass is 313 g/mol. The van der Waals surface area contributed by atoms with Crippen molar-refractivity contribution >= 4 is 18.7 Å². The standard InChI is InChI=1S/C18H24N3P/c1-3-7-17(8-4-1)22(18-9-5-2-6-10-18)21-15-13-19-11-12-20-14-16-21/h1-10,19-20H,11-16H2. The SMILES string of the molecule is c1ccc(P(c2ccccc2)N2CCNCCNCC2)cc1. The van der Waals surface area contributed by atoms with Crippen LogP contribution in [0.25, 0.3) is 0 Å². The van der Waals surface area contributed by atoms with Gasteiger partial charge in [-0.15, -0.1) is 0 Å². The maximum Gasteiger partial charge on any atom is 0.0282 e. The van der Waals surface area contributed by atoms with Gasteiger partial charge in [0, 0.05) is 47.3 Å². The molecule has 1 saturated heterocycles. The smallest absolute Gasteiger partial charge is 0.0282 e. The van der Waals surface area contributed by atoms with Crippen molar-refractivity contribution in [1.29, 1.82) is 0 Å². The zero-order valence-corrected chi connectivity index (χ0v) is 13.8. The molecule has 3 rings (SSSR count). The predicted octanol–water partition coefficient (Wildman–Crippen LogP) is 1.53. The van der Waals surface area contributed by atoms with Crippen LogP contribution in [0.15, 0.2) is 60.7 Å². The normalized spacial score (nSPS) is 17.7. The minimum absolute atomic E-state index is 0.456. The first-order chi connectivity index (χ1) is 10.9. The molecule has 0 radical (unpaired) electrons. The van der Waals surface area contributed by atoms with Crippen molar-refractivity contribution in [2.45, 2.75) is 0 Å². The quantitative estimate of drug-likeness (QED) is 0.842. The summed E-state index contributed by atoms with van der Waals surface area (Å²) in [6.07, 6.45) is 0. The Morgan fingerprint density at radius 3 is 1.55 bits per heavy atom. The molecular formula is C18H24N3P. The van der Waals surface area contributed by atoms with Crippen molar-refractivity contribution in [2.24, 2.45) is 0 Å². The van der Waals surface area contributed by atoms with E-state index < -0.39 is 8.07 Å². The maximum atomic E-state index is 3.52. The van der Waals surface area contributed by atoms with E-state index in [1.165, 1.54) is 10.6 Å². The fraction of sp³-hybridized carbons (Fsp3) is 0.333. The third kappa shape index (κ3) is 4.15. The van der Waals surface area contributed by atoms with Gasteiger partial charge in [0.15, 0.2) is 0 Å². The van der Waals surface area contributed by atoms with Crippen LogP contribution in [-0.2, 0) is 0 Å². The first-order valence-electron chi connectivity index (χ1n) is 8.02. The summed E-state index contributed by atoms with van der Waals surface area (Å²) in [7, 11) is -0.456. The topological polar surface area (TPSA) is 27.3 Å². The maximum absolute atomic E-state index is 3.52. The van der Waals surface area contributed by atoms with Crippen LogP contribution in [0.4, 0.5) is 0 Å². The Kier molecular flexibility index (Phi) is 5.97. The van der Waals surface area contributed by atoms with Gasteiger partial charge in [-0.1, -0.05) is 60.7 Å². The highest BCUT2D eigenvalue weighted by molar-refractivity contribution is 7.70. The Balaban J connectivity index is 1.90. The van der Waals surface area contributed by atoms with Gasteiger partial charge in [0.1, 0.15) is 0 Å². The molecule has 0 amide bonds. The molecule has 1 fully saturated rings. The summed E-state index contributed by atoms with van der Waals surface area (Å²) in [5, 5.41) is 9.91. The van der Waals surface area contributed by atoms with E-state index in [-0.39, 0.29) is 0 Å². The zero-order valence-electron chi connectivity index (χ0n) is 12.9. The summed E-state index contributed by atoms with van der Waals surface area (Å²) in [5.74, 6) is 0. The average molecular weight is 313 g/mol. The highest BCUT2D eigenvalue weighted by Crippen LogP contribution is 2.37. The Hall–Kier alpha value is -1.25. The van der Waals surface area contributed by atoms with Gasteiger partial charge in [0.05, 0.1) is 0 Å². The highest BCUT2D eigenvalue weighted by atomic mass is 31.1. The van der Waals surface area contributed by atoms with Crippen LogP contribution >= 0.6 is 8.07 Å². The molecule has 0 atom stereocenters. The lowest BCUT2D eigenvalue weighted by Crippen LogP contribution is -2.35. The molecule has 4 heteroatoms. The Labute approximate surface area is 134 Å². The average Bonchev–Trinajstić information content (AvgIpc) is 2.71. The van der Waals surface area contributed by atoms with E-state index in [0.717, 1.165) is 39.3 Å². The van der Waals surface area contributed by atoms with E-state index in [2.05, 4.69) is 76.0 Å². The number of hydrogen-bond donors (Lipinski definition) is 2. The molecular weight excluding hydrogens is 289 g/mol. The molecule has 2 N–H and O–H groups in total. The van der Waals surface area contributed by atoms with Gasteiger partial charge in [-0.05, 0) is 10.6 Å². The van der Waals surface area contributed by atoms with Gasteiger partial charge in [-0.2, -0.15) is 0 Å². The van der Waals surface area contributed by atoms with Gasteiger partial charge < -0.3 is 10.6 Å². The summed E-state index contributed by atoms with van der Waals surface area (Å²) < 4.78 is 2.64. The van der Waals surface area contributed by atoms with Crippen molar-refractivity contribution in [3.8, 4) is 0 Å². The van der Waals surface area contributed by atoms with Gasteiger partial charge in [0.25, 0.3) is 0 Å². The number of nitrogens with zero attached hydrogens (tertiary/aromatic N) is 1. The van der Waals surface area contributed by atoms with Gasteiger partial charge in [0.2, 0.25) is 0 Å². The van der Waals surface area contributed by atoms with Crippen LogP contribution < -0.4 is 21.2 Å². The minimum atomic E-state index is -0.456. The van der Waals surface area contributed by atoms with E-state index in [0.29, 0.717) is 0 Å². The Morgan fingerprint density at radius 1 is 0.636 bits per heavy atom. The third-order valence-electron chi connectivity index (χ3n) is 3.86. The van der Waals surface area contributed by atoms with Gasteiger partial charge >= 0.3 is 0 Å². The van der Waals surface area contributed by atoms with E-state index in [1.807, 2.05) is 0 Å². The minimum Gasteiger partial charge on any atom is -0.314 e. The number of benzene rings is 2. The fourth-order valence-electron chi connectivity index (χ4n) is 2.77. The van der Waals surface area contributed by atoms with Crippen LogP contribution in [0.1, 0.15) is 0 Å². The summed E-state index contributed by atoms with van der Waals surface area (Å²) in [6, 6.07) is 21.9. The van der Waals surface area contributed by atoms with Crippen LogP contribution in [-0.4, -0.2) is 43.9 Å². The largest absolute Gasteiger partial charge is 0.314 e. The molecule has 3 nitrogen and oxygen atoms in total. The predicted molar refractivity (Wildman–Crippen MR) is 96.4 cm³/mol. The van der Waals surface area contributed by atoms with Crippen LogP contribution in [0.5, 0.6) is 0 Å². The molecule has 1 aliphatic rings. The molecule has 0 spiro atoms. The van der Waals surface area contributed by atoms with Gasteiger partial charge in [-0.25, -0.2) is 0 Å². The summed E-state index contributed by atoms with van der Waals surface area (Å²) in [4.78, 5) is 0. The van der Waals surface area contributed by atoms with Crippen LogP contribution in [0, 0.1) is 0 Å². The molecule has 1 heterocycles. The van der Waals surface area contributed by atoms with Crippen LogP contribution in [0.2, 0.25) is 0 Å². The molecule has 0 bridgehead atoms. The first kappa shape index (κ1) is 15.6. The molecule has 1 aliphatic heterocycles. The third-order valence-corrected chi connectivity index (χ3v) is 6.40. The summed E-state index contributed by atoms with van der Waals surface area (Å²) >= 11 is 0. The van der Waals surface area contributed by atoms with E-state index in [1.54, 1.807) is 0 Å². The summed E-state index contributed by atoms with van der Waals surface area (Å²) in [6.45, 7) is 6.42. The fourth-order valence-corrected chi connectivity index (χ4v) is 5.23. The highest BCUT2D eigenvalue weighted by Gasteiger charge is 2.22. The van der Waals surface area contributed by atoms with Crippen LogP contribution in [0.3, 0.4) is 0 Å². The molecule has 2 aromatic rings. The molecule has 0 aliphatic carbocycles. The van der Waals surface area contributed by atoms with E-state index >= 15 is 0 Å². The van der Waals surface area contributed by atoms with Crippen molar-refractivity contribution in [3.63, 3.8) is 0 Å². The van der Waals surface area contributed by atoms with Crippen molar-refractivity contribution in [1.82, 2.24) is 15.3 Å². The van der Waals surface area contributed by atoms with E-state index in [9.17, 15) is 0 Å². The number of hydrogen-bond acceptors (Lipinski definition) is 3.